The Labute approximate surface area is 99.3 Å². The molecule has 0 unspecified atom stereocenters. The lowest BCUT2D eigenvalue weighted by molar-refractivity contribution is 0.276. The fraction of sp³-hybridized carbons (Fsp3) is 0.250. The molecule has 5 nitrogen and oxygen atoms in total. The topological polar surface area (TPSA) is 58.7 Å². The minimum atomic E-state index is -0.162. The molecule has 0 aliphatic carbocycles. The van der Waals surface area contributed by atoms with E-state index in [2.05, 4.69) is 4.98 Å². The molecule has 0 radical (unpaired) electrons. The van der Waals surface area contributed by atoms with Crippen molar-refractivity contribution in [2.24, 2.45) is 0 Å². The van der Waals surface area contributed by atoms with Crippen LogP contribution in [0.15, 0.2) is 34.9 Å². The molecule has 2 rings (SSSR count). The maximum absolute atomic E-state index is 8.85. The fourth-order valence-electron chi connectivity index (χ4n) is 1.33. The molecule has 0 amide bonds. The third-order valence-corrected chi connectivity index (χ3v) is 2.23. The number of benzene rings is 1. The number of anilines is 1. The number of nitrogens with zero attached hydrogens (tertiary/aromatic N) is 2. The molecule has 0 aliphatic heterocycles. The van der Waals surface area contributed by atoms with Crippen LogP contribution >= 0.6 is 0 Å². The van der Waals surface area contributed by atoms with Crippen molar-refractivity contribution >= 4 is 5.69 Å². The number of ether oxygens (including phenoxy) is 1. The second kappa shape index (κ2) is 4.88. The van der Waals surface area contributed by atoms with Gasteiger partial charge in [0.1, 0.15) is 17.7 Å². The number of oxazole rings is 1. The Bertz CT molecular complexity index is 494. The molecule has 1 aromatic carbocycles. The van der Waals surface area contributed by atoms with E-state index in [9.17, 15) is 0 Å². The zero-order valence-corrected chi connectivity index (χ0v) is 9.75. The monoisotopic (exact) mass is 234 g/mol. The van der Waals surface area contributed by atoms with Gasteiger partial charge in [-0.1, -0.05) is 6.07 Å². The molecule has 2 aromatic rings. The van der Waals surface area contributed by atoms with Crippen LogP contribution in [0.1, 0.15) is 5.69 Å². The van der Waals surface area contributed by atoms with Gasteiger partial charge in [-0.2, -0.15) is 4.98 Å². The number of hydrogen-bond acceptors (Lipinski definition) is 5. The highest BCUT2D eigenvalue weighted by Crippen LogP contribution is 2.24. The van der Waals surface area contributed by atoms with Crippen LogP contribution in [0, 0.1) is 0 Å². The van der Waals surface area contributed by atoms with Crippen molar-refractivity contribution in [1.82, 2.24) is 4.98 Å². The fourth-order valence-corrected chi connectivity index (χ4v) is 1.33. The second-order valence-corrected chi connectivity index (χ2v) is 3.76. The summed E-state index contributed by atoms with van der Waals surface area (Å²) in [6.45, 7) is -0.162. The maximum Gasteiger partial charge on any atom is 0.399 e. The highest BCUT2D eigenvalue weighted by atomic mass is 16.6. The molecule has 0 saturated heterocycles. The molecule has 17 heavy (non-hydrogen) atoms. The average Bonchev–Trinajstić information content (AvgIpc) is 2.77. The summed E-state index contributed by atoms with van der Waals surface area (Å²) < 4.78 is 10.5. The third-order valence-electron chi connectivity index (χ3n) is 2.23. The number of aliphatic hydroxyl groups is 1. The zero-order chi connectivity index (χ0) is 12.3. The molecular formula is C12H14N2O3. The summed E-state index contributed by atoms with van der Waals surface area (Å²) in [6.07, 6.45) is 1.50. The molecule has 90 valence electrons. The first-order valence-corrected chi connectivity index (χ1v) is 5.19. The summed E-state index contributed by atoms with van der Waals surface area (Å²) in [5, 5.41) is 8.85. The van der Waals surface area contributed by atoms with Gasteiger partial charge in [0.25, 0.3) is 0 Å². The molecule has 1 N–H and O–H groups in total. The Hall–Kier alpha value is -2.01. The lowest BCUT2D eigenvalue weighted by atomic mass is 10.3. The standard InChI is InChI=1S/C12H14N2O3/c1-14(2)10-4-3-5-11(6-10)17-12-13-9(7-15)8-16-12/h3-6,8,15H,7H2,1-2H3. The molecule has 0 atom stereocenters. The summed E-state index contributed by atoms with van der Waals surface area (Å²) in [6, 6.07) is 7.56. The minimum Gasteiger partial charge on any atom is -0.417 e. The van der Waals surface area contributed by atoms with Gasteiger partial charge in [0.15, 0.2) is 0 Å². The van der Waals surface area contributed by atoms with E-state index < -0.39 is 0 Å². The van der Waals surface area contributed by atoms with Gasteiger partial charge in [-0.05, 0) is 12.1 Å². The number of aromatic nitrogens is 1. The first-order chi connectivity index (χ1) is 8.19. The normalized spacial score (nSPS) is 10.3. The van der Waals surface area contributed by atoms with E-state index in [4.69, 9.17) is 14.3 Å². The summed E-state index contributed by atoms with van der Waals surface area (Å²) in [5.74, 6) is 0.641. The van der Waals surface area contributed by atoms with Crippen LogP contribution in [0.4, 0.5) is 5.69 Å². The molecule has 0 fully saturated rings. The van der Waals surface area contributed by atoms with Crippen LogP contribution in [0.25, 0.3) is 0 Å². The Morgan fingerprint density at radius 3 is 2.88 bits per heavy atom. The molecule has 5 heteroatoms. The van der Waals surface area contributed by atoms with Gasteiger partial charge in [0.2, 0.25) is 0 Å². The minimum absolute atomic E-state index is 0.130. The quantitative estimate of drug-likeness (QED) is 0.877. The lowest BCUT2D eigenvalue weighted by Gasteiger charge is -2.12. The van der Waals surface area contributed by atoms with E-state index in [0.717, 1.165) is 5.69 Å². The van der Waals surface area contributed by atoms with Crippen LogP contribution in [0.2, 0.25) is 0 Å². The first-order valence-electron chi connectivity index (χ1n) is 5.19. The predicted octanol–water partition coefficient (Wildman–Crippen LogP) is 2.03. The van der Waals surface area contributed by atoms with Crippen molar-refractivity contribution in [2.45, 2.75) is 6.61 Å². The largest absolute Gasteiger partial charge is 0.417 e. The van der Waals surface area contributed by atoms with Gasteiger partial charge >= 0.3 is 6.08 Å². The highest BCUT2D eigenvalue weighted by molar-refractivity contribution is 5.49. The van der Waals surface area contributed by atoms with Gasteiger partial charge in [-0.25, -0.2) is 0 Å². The Balaban J connectivity index is 2.15. The van der Waals surface area contributed by atoms with E-state index >= 15 is 0 Å². The summed E-state index contributed by atoms with van der Waals surface area (Å²) in [7, 11) is 3.91. The first kappa shape index (κ1) is 11.5. The average molecular weight is 234 g/mol. The SMILES string of the molecule is CN(C)c1cccc(Oc2nc(CO)co2)c1. The highest BCUT2D eigenvalue weighted by Gasteiger charge is 2.06. The van der Waals surface area contributed by atoms with E-state index in [-0.39, 0.29) is 12.7 Å². The molecule has 1 heterocycles. The van der Waals surface area contributed by atoms with Crippen molar-refractivity contribution in [3.63, 3.8) is 0 Å². The molecule has 0 spiro atoms. The zero-order valence-electron chi connectivity index (χ0n) is 9.75. The van der Waals surface area contributed by atoms with Gasteiger partial charge in [-0.15, -0.1) is 0 Å². The van der Waals surface area contributed by atoms with Crippen molar-refractivity contribution in [3.8, 4) is 11.8 Å². The van der Waals surface area contributed by atoms with Gasteiger partial charge in [-0.3, -0.25) is 0 Å². The molecule has 0 aliphatic rings. The predicted molar refractivity (Wildman–Crippen MR) is 63.3 cm³/mol. The number of rotatable bonds is 4. The van der Waals surface area contributed by atoms with Crippen molar-refractivity contribution in [1.29, 1.82) is 0 Å². The van der Waals surface area contributed by atoms with Gasteiger partial charge < -0.3 is 19.2 Å². The third kappa shape index (κ3) is 2.76. The maximum atomic E-state index is 8.85. The van der Waals surface area contributed by atoms with Gasteiger partial charge in [0.05, 0.1) is 6.61 Å². The van der Waals surface area contributed by atoms with Crippen LogP contribution in [0.5, 0.6) is 11.8 Å². The van der Waals surface area contributed by atoms with Crippen molar-refractivity contribution < 1.29 is 14.3 Å². The Kier molecular flexibility index (Phi) is 3.30. The van der Waals surface area contributed by atoms with Crippen LogP contribution in [-0.4, -0.2) is 24.2 Å². The summed E-state index contributed by atoms with van der Waals surface area (Å²) in [5.41, 5.74) is 1.47. The summed E-state index contributed by atoms with van der Waals surface area (Å²) >= 11 is 0. The smallest absolute Gasteiger partial charge is 0.399 e. The van der Waals surface area contributed by atoms with E-state index in [0.29, 0.717) is 11.4 Å². The van der Waals surface area contributed by atoms with Crippen molar-refractivity contribution in [2.75, 3.05) is 19.0 Å². The Morgan fingerprint density at radius 2 is 2.24 bits per heavy atom. The Morgan fingerprint density at radius 1 is 1.41 bits per heavy atom. The molecule has 1 aromatic heterocycles. The van der Waals surface area contributed by atoms with E-state index in [1.54, 1.807) is 0 Å². The number of aliphatic hydroxyl groups excluding tert-OH is 1. The second-order valence-electron chi connectivity index (χ2n) is 3.76. The van der Waals surface area contributed by atoms with Crippen LogP contribution < -0.4 is 9.64 Å². The van der Waals surface area contributed by atoms with Gasteiger partial charge in [0, 0.05) is 25.8 Å². The lowest BCUT2D eigenvalue weighted by Crippen LogP contribution is -2.08. The van der Waals surface area contributed by atoms with Crippen LogP contribution in [0.3, 0.4) is 0 Å². The molecule has 0 bridgehead atoms. The number of hydrogen-bond donors (Lipinski definition) is 1. The van der Waals surface area contributed by atoms with Crippen molar-refractivity contribution in [3.05, 3.63) is 36.2 Å². The van der Waals surface area contributed by atoms with E-state index in [1.165, 1.54) is 6.26 Å². The van der Waals surface area contributed by atoms with Crippen LogP contribution in [-0.2, 0) is 6.61 Å². The molecular weight excluding hydrogens is 220 g/mol. The summed E-state index contributed by atoms with van der Waals surface area (Å²) in [4.78, 5) is 5.92. The van der Waals surface area contributed by atoms with E-state index in [1.807, 2.05) is 43.3 Å². The molecule has 0 saturated carbocycles.